The van der Waals surface area contributed by atoms with Crippen LogP contribution in [0.3, 0.4) is 0 Å². The van der Waals surface area contributed by atoms with Gasteiger partial charge in [0.2, 0.25) is 0 Å². The standard InChI is InChI=1S/C16H11F3OS/c17-11-3-2-10-7-16(21-15(10)8-11)14(20)6-9-1-4-12(18)13(19)5-9/h1-5,7-8,14,20H,6H2. The molecule has 0 aliphatic heterocycles. The van der Waals surface area contributed by atoms with E-state index in [-0.39, 0.29) is 12.2 Å². The molecule has 0 radical (unpaired) electrons. The Bertz CT molecular complexity index is 797. The molecule has 0 aliphatic rings. The summed E-state index contributed by atoms with van der Waals surface area (Å²) in [6, 6.07) is 9.76. The summed E-state index contributed by atoms with van der Waals surface area (Å²) in [4.78, 5) is 0.667. The van der Waals surface area contributed by atoms with Crippen LogP contribution < -0.4 is 0 Å². The van der Waals surface area contributed by atoms with Gasteiger partial charge in [-0.1, -0.05) is 12.1 Å². The maximum atomic E-state index is 13.1. The number of hydrogen-bond acceptors (Lipinski definition) is 2. The third kappa shape index (κ3) is 2.94. The van der Waals surface area contributed by atoms with E-state index >= 15 is 0 Å². The lowest BCUT2D eigenvalue weighted by Crippen LogP contribution is -2.00. The Labute approximate surface area is 123 Å². The molecule has 1 N–H and O–H groups in total. The molecule has 0 aliphatic carbocycles. The van der Waals surface area contributed by atoms with E-state index in [4.69, 9.17) is 0 Å². The molecular weight excluding hydrogens is 297 g/mol. The van der Waals surface area contributed by atoms with Crippen LogP contribution in [0.2, 0.25) is 0 Å². The van der Waals surface area contributed by atoms with Gasteiger partial charge in [0.15, 0.2) is 11.6 Å². The smallest absolute Gasteiger partial charge is 0.159 e. The van der Waals surface area contributed by atoms with Gasteiger partial charge in [0, 0.05) is 16.0 Å². The number of aliphatic hydroxyl groups excluding tert-OH is 1. The summed E-state index contributed by atoms with van der Waals surface area (Å²) >= 11 is 1.29. The molecule has 5 heteroatoms. The molecule has 2 aromatic carbocycles. The largest absolute Gasteiger partial charge is 0.387 e. The number of fused-ring (bicyclic) bond motifs is 1. The molecule has 1 unspecified atom stereocenters. The Hall–Kier alpha value is -1.85. The van der Waals surface area contributed by atoms with Crippen LogP contribution >= 0.6 is 11.3 Å². The summed E-state index contributed by atoms with van der Waals surface area (Å²) in [5.41, 5.74) is 0.505. The second kappa shape index (κ2) is 5.50. The van der Waals surface area contributed by atoms with Gasteiger partial charge in [-0.3, -0.25) is 0 Å². The molecule has 21 heavy (non-hydrogen) atoms. The fraction of sp³-hybridized carbons (Fsp3) is 0.125. The van der Waals surface area contributed by atoms with Crippen molar-refractivity contribution >= 4 is 21.4 Å². The van der Waals surface area contributed by atoms with Gasteiger partial charge >= 0.3 is 0 Å². The molecule has 0 saturated heterocycles. The number of aliphatic hydroxyl groups is 1. The molecule has 0 amide bonds. The van der Waals surface area contributed by atoms with E-state index in [0.29, 0.717) is 10.4 Å². The van der Waals surface area contributed by atoms with Gasteiger partial charge in [-0.25, -0.2) is 13.2 Å². The fourth-order valence-electron chi connectivity index (χ4n) is 2.18. The maximum Gasteiger partial charge on any atom is 0.159 e. The third-order valence-electron chi connectivity index (χ3n) is 3.24. The van der Waals surface area contributed by atoms with Gasteiger partial charge in [-0.05, 0) is 41.3 Å². The molecule has 0 spiro atoms. The Morgan fingerprint density at radius 3 is 2.52 bits per heavy atom. The first-order valence-electron chi connectivity index (χ1n) is 6.34. The normalized spacial score (nSPS) is 12.8. The molecule has 1 nitrogen and oxygen atoms in total. The van der Waals surface area contributed by atoms with Gasteiger partial charge in [-0.15, -0.1) is 11.3 Å². The summed E-state index contributed by atoms with van der Waals surface area (Å²) < 4.78 is 39.9. The van der Waals surface area contributed by atoms with Gasteiger partial charge in [0.25, 0.3) is 0 Å². The summed E-state index contributed by atoms with van der Waals surface area (Å²) in [5, 5.41) is 11.1. The minimum absolute atomic E-state index is 0.173. The van der Waals surface area contributed by atoms with E-state index in [1.807, 2.05) is 0 Å². The number of rotatable bonds is 3. The number of halogens is 3. The van der Waals surface area contributed by atoms with Crippen LogP contribution in [-0.4, -0.2) is 5.11 Å². The first-order valence-corrected chi connectivity index (χ1v) is 7.15. The van der Waals surface area contributed by atoms with E-state index in [0.717, 1.165) is 22.2 Å². The highest BCUT2D eigenvalue weighted by molar-refractivity contribution is 7.19. The molecule has 3 rings (SSSR count). The minimum Gasteiger partial charge on any atom is -0.387 e. The number of benzene rings is 2. The summed E-state index contributed by atoms with van der Waals surface area (Å²) in [7, 11) is 0. The fourth-order valence-corrected chi connectivity index (χ4v) is 3.26. The predicted molar refractivity (Wildman–Crippen MR) is 76.8 cm³/mol. The van der Waals surface area contributed by atoms with Crippen molar-refractivity contribution in [3.63, 3.8) is 0 Å². The lowest BCUT2D eigenvalue weighted by Gasteiger charge is -2.08. The van der Waals surface area contributed by atoms with Crippen LogP contribution in [-0.2, 0) is 6.42 Å². The average Bonchev–Trinajstić information content (AvgIpc) is 2.86. The van der Waals surface area contributed by atoms with Crippen LogP contribution in [0.15, 0.2) is 42.5 Å². The Kier molecular flexibility index (Phi) is 3.69. The topological polar surface area (TPSA) is 20.2 Å². The van der Waals surface area contributed by atoms with Crippen LogP contribution in [0.5, 0.6) is 0 Å². The third-order valence-corrected chi connectivity index (χ3v) is 4.44. The van der Waals surface area contributed by atoms with Gasteiger partial charge < -0.3 is 5.11 Å². The highest BCUT2D eigenvalue weighted by atomic mass is 32.1. The number of thiophene rings is 1. The molecule has 1 aromatic heterocycles. The minimum atomic E-state index is -0.932. The van der Waals surface area contributed by atoms with E-state index < -0.39 is 17.7 Å². The quantitative estimate of drug-likeness (QED) is 0.750. The van der Waals surface area contributed by atoms with Crippen molar-refractivity contribution in [2.75, 3.05) is 0 Å². The Balaban J connectivity index is 1.85. The highest BCUT2D eigenvalue weighted by Gasteiger charge is 2.14. The first kappa shape index (κ1) is 14.1. The zero-order chi connectivity index (χ0) is 15.0. The predicted octanol–water partition coefficient (Wildman–Crippen LogP) is 4.59. The zero-order valence-corrected chi connectivity index (χ0v) is 11.6. The molecule has 1 atom stereocenters. The molecule has 3 aromatic rings. The monoisotopic (exact) mass is 308 g/mol. The van der Waals surface area contributed by atoms with Crippen molar-refractivity contribution in [1.82, 2.24) is 0 Å². The molecule has 1 heterocycles. The van der Waals surface area contributed by atoms with Crippen molar-refractivity contribution in [3.8, 4) is 0 Å². The molecule has 0 bridgehead atoms. The van der Waals surface area contributed by atoms with Crippen molar-refractivity contribution in [1.29, 1.82) is 0 Å². The first-order chi connectivity index (χ1) is 10.0. The van der Waals surface area contributed by atoms with Gasteiger partial charge in [-0.2, -0.15) is 0 Å². The van der Waals surface area contributed by atoms with E-state index in [2.05, 4.69) is 0 Å². The van der Waals surface area contributed by atoms with Crippen molar-refractivity contribution in [2.45, 2.75) is 12.5 Å². The van der Waals surface area contributed by atoms with E-state index in [1.165, 1.54) is 29.5 Å². The molecule has 108 valence electrons. The SMILES string of the molecule is OC(Cc1ccc(F)c(F)c1)c1cc2ccc(F)cc2s1. The summed E-state index contributed by atoms with van der Waals surface area (Å²) in [5.74, 6) is -2.17. The Morgan fingerprint density at radius 1 is 0.952 bits per heavy atom. The van der Waals surface area contributed by atoms with Crippen LogP contribution in [0.4, 0.5) is 13.2 Å². The highest BCUT2D eigenvalue weighted by Crippen LogP contribution is 2.32. The summed E-state index contributed by atoms with van der Waals surface area (Å²) in [6.45, 7) is 0. The van der Waals surface area contributed by atoms with Gasteiger partial charge in [0.1, 0.15) is 5.82 Å². The maximum absolute atomic E-state index is 13.1. The average molecular weight is 308 g/mol. The lowest BCUT2D eigenvalue weighted by atomic mass is 10.1. The van der Waals surface area contributed by atoms with E-state index in [1.54, 1.807) is 12.1 Å². The second-order valence-corrected chi connectivity index (χ2v) is 5.91. The van der Waals surface area contributed by atoms with Crippen LogP contribution in [0, 0.1) is 17.5 Å². The van der Waals surface area contributed by atoms with Crippen molar-refractivity contribution in [3.05, 3.63) is 70.4 Å². The summed E-state index contributed by atoms with van der Waals surface area (Å²) in [6.07, 6.45) is -0.665. The van der Waals surface area contributed by atoms with Crippen molar-refractivity contribution < 1.29 is 18.3 Å². The molecule has 0 saturated carbocycles. The Morgan fingerprint density at radius 2 is 1.76 bits per heavy atom. The number of hydrogen-bond donors (Lipinski definition) is 1. The molecular formula is C16H11F3OS. The lowest BCUT2D eigenvalue weighted by molar-refractivity contribution is 0.182. The second-order valence-electron chi connectivity index (χ2n) is 4.80. The zero-order valence-electron chi connectivity index (χ0n) is 10.8. The van der Waals surface area contributed by atoms with Crippen molar-refractivity contribution in [2.24, 2.45) is 0 Å². The van der Waals surface area contributed by atoms with E-state index in [9.17, 15) is 18.3 Å². The van der Waals surface area contributed by atoms with Gasteiger partial charge in [0.05, 0.1) is 6.10 Å². The van der Waals surface area contributed by atoms with Crippen LogP contribution in [0.1, 0.15) is 16.5 Å². The molecule has 0 fully saturated rings. The van der Waals surface area contributed by atoms with Crippen LogP contribution in [0.25, 0.3) is 10.1 Å².